The first-order chi connectivity index (χ1) is 11.2. The zero-order valence-corrected chi connectivity index (χ0v) is 14.6. The van der Waals surface area contributed by atoms with Crippen LogP contribution in [0.25, 0.3) is 10.8 Å². The second-order valence-electron chi connectivity index (χ2n) is 7.15. The van der Waals surface area contributed by atoms with E-state index in [-0.39, 0.29) is 23.9 Å². The van der Waals surface area contributed by atoms with Gasteiger partial charge in [-0.05, 0) is 12.0 Å². The molecule has 6 heteroatoms. The Morgan fingerprint density at radius 3 is 2.67 bits per heavy atom. The first-order valence-electron chi connectivity index (χ1n) is 8.12. The highest BCUT2D eigenvalue weighted by atomic mass is 16.3. The second-order valence-corrected chi connectivity index (χ2v) is 7.15. The third-order valence-corrected chi connectivity index (χ3v) is 4.23. The Kier molecular flexibility index (Phi) is 5.39. The highest BCUT2D eigenvalue weighted by molar-refractivity contribution is 5.81. The molecular weight excluding hydrogens is 306 g/mol. The van der Waals surface area contributed by atoms with Gasteiger partial charge in [-0.3, -0.25) is 9.59 Å². The highest BCUT2D eigenvalue weighted by Gasteiger charge is 2.30. The molecule has 0 saturated heterocycles. The topological polar surface area (TPSA) is 84.2 Å². The van der Waals surface area contributed by atoms with E-state index in [4.69, 9.17) is 0 Å². The number of carbonyl (C=O) groups is 1. The third-order valence-electron chi connectivity index (χ3n) is 4.23. The maximum absolute atomic E-state index is 12.3. The summed E-state index contributed by atoms with van der Waals surface area (Å²) >= 11 is 0. The van der Waals surface area contributed by atoms with Crippen molar-refractivity contribution in [1.82, 2.24) is 15.1 Å². The van der Waals surface area contributed by atoms with Crippen molar-refractivity contribution in [3.05, 3.63) is 40.8 Å². The summed E-state index contributed by atoms with van der Waals surface area (Å²) in [5.74, 6) is -0.203. The normalized spacial score (nSPS) is 13.2. The molecule has 1 unspecified atom stereocenters. The van der Waals surface area contributed by atoms with Crippen molar-refractivity contribution < 1.29 is 9.90 Å². The molecule has 6 nitrogen and oxygen atoms in total. The van der Waals surface area contributed by atoms with E-state index in [2.05, 4.69) is 10.4 Å². The lowest BCUT2D eigenvalue weighted by atomic mass is 9.81. The maximum Gasteiger partial charge on any atom is 0.275 e. The molecular formula is C18H25N3O3. The van der Waals surface area contributed by atoms with Crippen molar-refractivity contribution in [3.8, 4) is 0 Å². The number of rotatable bonds is 6. The molecule has 1 amide bonds. The number of hydrogen-bond acceptors (Lipinski definition) is 4. The van der Waals surface area contributed by atoms with Gasteiger partial charge in [-0.2, -0.15) is 5.10 Å². The summed E-state index contributed by atoms with van der Waals surface area (Å²) in [5.41, 5.74) is -0.740. The smallest absolute Gasteiger partial charge is 0.275 e. The fraction of sp³-hybridized carbons (Fsp3) is 0.500. The van der Waals surface area contributed by atoms with Gasteiger partial charge in [-0.1, -0.05) is 45.9 Å². The first-order valence-corrected chi connectivity index (χ1v) is 8.12. The lowest BCUT2D eigenvalue weighted by molar-refractivity contribution is -0.122. The number of benzene rings is 1. The van der Waals surface area contributed by atoms with Crippen LogP contribution < -0.4 is 10.9 Å². The summed E-state index contributed by atoms with van der Waals surface area (Å²) in [5, 5.41) is 18.3. The Hall–Kier alpha value is -2.21. The summed E-state index contributed by atoms with van der Waals surface area (Å²) in [6, 6.07) is 7.15. The van der Waals surface area contributed by atoms with Crippen LogP contribution in [0.5, 0.6) is 0 Å². The maximum atomic E-state index is 12.3. The fourth-order valence-corrected chi connectivity index (χ4v) is 2.77. The molecule has 0 aliphatic rings. The zero-order chi connectivity index (χ0) is 17.9. The number of aromatic nitrogens is 2. The summed E-state index contributed by atoms with van der Waals surface area (Å²) in [6.07, 6.45) is 1.05. The number of nitrogens with zero attached hydrogens (tertiary/aromatic N) is 2. The van der Waals surface area contributed by atoms with E-state index >= 15 is 0 Å². The van der Waals surface area contributed by atoms with Gasteiger partial charge in [0.05, 0.1) is 17.7 Å². The van der Waals surface area contributed by atoms with E-state index in [0.29, 0.717) is 11.9 Å². The molecule has 0 aliphatic heterocycles. The molecule has 0 radical (unpaired) electrons. The Labute approximate surface area is 141 Å². The van der Waals surface area contributed by atoms with Crippen LogP contribution in [0.4, 0.5) is 0 Å². The molecule has 1 atom stereocenters. The number of aliphatic hydroxyl groups excluding tert-OH is 1. The Balaban J connectivity index is 2.05. The molecule has 0 fully saturated rings. The Morgan fingerprint density at radius 1 is 1.33 bits per heavy atom. The quantitative estimate of drug-likeness (QED) is 0.841. The van der Waals surface area contributed by atoms with E-state index in [1.54, 1.807) is 18.3 Å². The minimum Gasteiger partial charge on any atom is -0.392 e. The second kappa shape index (κ2) is 7.13. The summed E-state index contributed by atoms with van der Waals surface area (Å²) in [7, 11) is 0. The first kappa shape index (κ1) is 18.1. The van der Waals surface area contributed by atoms with Crippen molar-refractivity contribution in [1.29, 1.82) is 0 Å². The molecule has 1 heterocycles. The molecule has 1 aromatic heterocycles. The highest BCUT2D eigenvalue weighted by Crippen LogP contribution is 2.24. The monoisotopic (exact) mass is 331 g/mol. The molecule has 2 N–H and O–H groups in total. The average Bonchev–Trinajstić information content (AvgIpc) is 2.55. The van der Waals surface area contributed by atoms with E-state index in [1.807, 2.05) is 39.8 Å². The lowest BCUT2D eigenvalue weighted by Gasteiger charge is -2.33. The van der Waals surface area contributed by atoms with Crippen LogP contribution in [0.3, 0.4) is 0 Å². The van der Waals surface area contributed by atoms with Gasteiger partial charge in [0, 0.05) is 17.3 Å². The zero-order valence-electron chi connectivity index (χ0n) is 14.6. The van der Waals surface area contributed by atoms with E-state index in [0.717, 1.165) is 10.1 Å². The molecule has 130 valence electrons. The van der Waals surface area contributed by atoms with Crippen molar-refractivity contribution in [2.24, 2.45) is 11.3 Å². The van der Waals surface area contributed by atoms with Crippen molar-refractivity contribution in [2.45, 2.75) is 40.3 Å². The van der Waals surface area contributed by atoms with Crippen LogP contribution in [0, 0.1) is 11.3 Å². The van der Waals surface area contributed by atoms with Gasteiger partial charge in [0.25, 0.3) is 5.56 Å². The molecule has 2 aromatic rings. The van der Waals surface area contributed by atoms with Crippen LogP contribution in [0.2, 0.25) is 0 Å². The van der Waals surface area contributed by atoms with E-state index < -0.39 is 11.5 Å². The minimum absolute atomic E-state index is 0.0988. The fourth-order valence-electron chi connectivity index (χ4n) is 2.77. The van der Waals surface area contributed by atoms with Gasteiger partial charge < -0.3 is 10.4 Å². The Morgan fingerprint density at radius 2 is 2.00 bits per heavy atom. The SMILES string of the molecule is CC(C)C(O)C(C)(C)CNC(=O)Cn1ncc2ccccc2c1=O. The molecule has 0 saturated carbocycles. The summed E-state index contributed by atoms with van der Waals surface area (Å²) in [4.78, 5) is 24.5. The summed E-state index contributed by atoms with van der Waals surface area (Å²) < 4.78 is 1.16. The largest absolute Gasteiger partial charge is 0.392 e. The molecule has 1 aromatic carbocycles. The molecule has 0 spiro atoms. The minimum atomic E-state index is -0.528. The van der Waals surface area contributed by atoms with Crippen molar-refractivity contribution in [3.63, 3.8) is 0 Å². The number of nitrogens with one attached hydrogen (secondary N) is 1. The number of carbonyl (C=O) groups excluding carboxylic acids is 1. The van der Waals surface area contributed by atoms with Crippen LogP contribution in [0.1, 0.15) is 27.7 Å². The standard InChI is InChI=1S/C18H25N3O3/c1-12(2)16(23)18(3,4)11-19-15(22)10-21-17(24)14-8-6-5-7-13(14)9-20-21/h5-9,12,16,23H,10-11H2,1-4H3,(H,19,22). The van der Waals surface area contributed by atoms with Gasteiger partial charge in [-0.15, -0.1) is 0 Å². The summed E-state index contributed by atoms with van der Waals surface area (Å²) in [6.45, 7) is 7.86. The van der Waals surface area contributed by atoms with Crippen LogP contribution in [-0.2, 0) is 11.3 Å². The lowest BCUT2D eigenvalue weighted by Crippen LogP contribution is -2.45. The number of aliphatic hydroxyl groups is 1. The van der Waals surface area contributed by atoms with Crippen molar-refractivity contribution >= 4 is 16.7 Å². The van der Waals surface area contributed by atoms with Crippen molar-refractivity contribution in [2.75, 3.05) is 6.54 Å². The van der Waals surface area contributed by atoms with E-state index in [9.17, 15) is 14.7 Å². The third kappa shape index (κ3) is 4.00. The van der Waals surface area contributed by atoms with Gasteiger partial charge in [0.1, 0.15) is 6.54 Å². The Bertz CT molecular complexity index is 780. The molecule has 0 bridgehead atoms. The number of amides is 1. The van der Waals surface area contributed by atoms with Gasteiger partial charge >= 0.3 is 0 Å². The van der Waals surface area contributed by atoms with E-state index in [1.165, 1.54) is 0 Å². The van der Waals surface area contributed by atoms with Gasteiger partial charge in [0.15, 0.2) is 0 Å². The van der Waals surface area contributed by atoms with Gasteiger partial charge in [0.2, 0.25) is 5.91 Å². The van der Waals surface area contributed by atoms with Crippen LogP contribution in [0.15, 0.2) is 35.3 Å². The number of hydrogen-bond donors (Lipinski definition) is 2. The number of fused-ring (bicyclic) bond motifs is 1. The van der Waals surface area contributed by atoms with Crippen LogP contribution >= 0.6 is 0 Å². The predicted octanol–water partition coefficient (Wildman–Crippen LogP) is 1.56. The molecule has 2 rings (SSSR count). The molecule has 24 heavy (non-hydrogen) atoms. The molecule has 0 aliphatic carbocycles. The predicted molar refractivity (Wildman–Crippen MR) is 93.6 cm³/mol. The average molecular weight is 331 g/mol. The van der Waals surface area contributed by atoms with Crippen LogP contribution in [-0.4, -0.2) is 33.4 Å². The van der Waals surface area contributed by atoms with Gasteiger partial charge in [-0.25, -0.2) is 4.68 Å².